The molecule has 2 rings (SSSR count). The van der Waals surface area contributed by atoms with Crippen LogP contribution in [0.2, 0.25) is 0 Å². The molecule has 0 aromatic carbocycles. The number of piperidine rings is 1. The molecule has 1 aliphatic rings. The predicted molar refractivity (Wildman–Crippen MR) is 65.0 cm³/mol. The maximum atomic E-state index is 11.1. The number of likely N-dealkylation sites (tertiary alicyclic amines) is 1. The molecule has 1 aliphatic heterocycles. The van der Waals surface area contributed by atoms with Crippen molar-refractivity contribution in [2.45, 2.75) is 19.4 Å². The second-order valence-electron chi connectivity index (χ2n) is 4.55. The van der Waals surface area contributed by atoms with Crippen LogP contribution in [0.25, 0.3) is 0 Å². The minimum absolute atomic E-state index is 0.00596. The number of anilines is 1. The van der Waals surface area contributed by atoms with E-state index in [2.05, 4.69) is 10.00 Å². The van der Waals surface area contributed by atoms with Gasteiger partial charge in [0, 0.05) is 19.3 Å². The van der Waals surface area contributed by atoms with Crippen molar-refractivity contribution in [3.8, 4) is 0 Å². The van der Waals surface area contributed by atoms with E-state index < -0.39 is 0 Å². The fourth-order valence-corrected chi connectivity index (χ4v) is 2.24. The fraction of sp³-hybridized carbons (Fsp3) is 0.636. The summed E-state index contributed by atoms with van der Waals surface area (Å²) in [6.07, 6.45) is 3.82. The molecule has 1 fully saturated rings. The molecule has 0 radical (unpaired) electrons. The first-order chi connectivity index (χ1) is 8.15. The third-order valence-corrected chi connectivity index (χ3v) is 3.21. The van der Waals surface area contributed by atoms with Crippen LogP contribution in [0.3, 0.4) is 0 Å². The van der Waals surface area contributed by atoms with Crippen LogP contribution in [0.1, 0.15) is 12.8 Å². The van der Waals surface area contributed by atoms with Gasteiger partial charge >= 0.3 is 0 Å². The third kappa shape index (κ3) is 3.20. The highest BCUT2D eigenvalue weighted by Gasteiger charge is 2.23. The van der Waals surface area contributed by atoms with Crippen LogP contribution in [0.5, 0.6) is 0 Å². The second-order valence-corrected chi connectivity index (χ2v) is 4.55. The number of nitrogens with zero attached hydrogens (tertiary/aromatic N) is 3. The summed E-state index contributed by atoms with van der Waals surface area (Å²) in [4.78, 5) is 13.4. The van der Waals surface area contributed by atoms with Crippen molar-refractivity contribution in [1.29, 1.82) is 0 Å². The quantitative estimate of drug-likeness (QED) is 0.749. The molecule has 1 aromatic rings. The normalized spacial score (nSPS) is 21.5. The molecule has 0 saturated carbocycles. The van der Waals surface area contributed by atoms with Gasteiger partial charge in [0.05, 0.1) is 12.5 Å². The second kappa shape index (κ2) is 5.18. The Hall–Kier alpha value is -1.56. The van der Waals surface area contributed by atoms with Crippen LogP contribution in [0, 0.1) is 5.92 Å². The maximum Gasteiger partial charge on any atom is 0.221 e. The molecular formula is C11H19N5O. The molecule has 17 heavy (non-hydrogen) atoms. The Kier molecular flexibility index (Phi) is 3.63. The van der Waals surface area contributed by atoms with E-state index in [4.69, 9.17) is 11.5 Å². The number of nitrogens with two attached hydrogens (primary N) is 2. The number of aromatic nitrogens is 2. The Balaban J connectivity index is 1.81. The first-order valence-corrected chi connectivity index (χ1v) is 5.96. The zero-order valence-corrected chi connectivity index (χ0v) is 9.88. The average Bonchev–Trinajstić information content (AvgIpc) is 2.73. The average molecular weight is 237 g/mol. The van der Waals surface area contributed by atoms with E-state index in [1.165, 1.54) is 0 Å². The van der Waals surface area contributed by atoms with Gasteiger partial charge in [-0.25, -0.2) is 0 Å². The van der Waals surface area contributed by atoms with Gasteiger partial charge in [-0.3, -0.25) is 9.48 Å². The standard InChI is InChI=1S/C11H19N5O/c12-10-3-5-16(14-10)7-6-15-4-1-2-9(8-15)11(13)17/h3,5,9H,1-2,4,6-8H2,(H2,12,14)(H2,13,17). The van der Waals surface area contributed by atoms with Crippen molar-refractivity contribution >= 4 is 11.7 Å². The number of hydrogen-bond acceptors (Lipinski definition) is 4. The summed E-state index contributed by atoms with van der Waals surface area (Å²) < 4.78 is 1.82. The molecule has 0 spiro atoms. The fourth-order valence-electron chi connectivity index (χ4n) is 2.24. The highest BCUT2D eigenvalue weighted by molar-refractivity contribution is 5.76. The molecule has 1 amide bonds. The van der Waals surface area contributed by atoms with E-state index in [0.29, 0.717) is 5.82 Å². The number of rotatable bonds is 4. The lowest BCUT2D eigenvalue weighted by Crippen LogP contribution is -2.42. The summed E-state index contributed by atoms with van der Waals surface area (Å²) in [7, 11) is 0. The number of primary amides is 1. The molecule has 6 nitrogen and oxygen atoms in total. The van der Waals surface area contributed by atoms with Crippen molar-refractivity contribution in [2.24, 2.45) is 11.7 Å². The van der Waals surface area contributed by atoms with Crippen LogP contribution in [0.4, 0.5) is 5.82 Å². The molecule has 94 valence electrons. The Morgan fingerprint density at radius 3 is 3.00 bits per heavy atom. The van der Waals surface area contributed by atoms with Gasteiger partial charge in [0.2, 0.25) is 5.91 Å². The van der Waals surface area contributed by atoms with E-state index in [1.54, 1.807) is 6.07 Å². The number of amides is 1. The van der Waals surface area contributed by atoms with Crippen molar-refractivity contribution in [1.82, 2.24) is 14.7 Å². The third-order valence-electron chi connectivity index (χ3n) is 3.21. The van der Waals surface area contributed by atoms with Crippen molar-refractivity contribution < 1.29 is 4.79 Å². The van der Waals surface area contributed by atoms with Gasteiger partial charge in [-0.2, -0.15) is 5.10 Å². The van der Waals surface area contributed by atoms with Crippen molar-refractivity contribution in [2.75, 3.05) is 25.4 Å². The van der Waals surface area contributed by atoms with Crippen LogP contribution in [-0.4, -0.2) is 40.2 Å². The van der Waals surface area contributed by atoms with Crippen LogP contribution in [0.15, 0.2) is 12.3 Å². The Labute approximate surface area is 101 Å². The van der Waals surface area contributed by atoms with Crippen LogP contribution in [-0.2, 0) is 11.3 Å². The van der Waals surface area contributed by atoms with Crippen molar-refractivity contribution in [3.05, 3.63) is 12.3 Å². The van der Waals surface area contributed by atoms with E-state index >= 15 is 0 Å². The SMILES string of the molecule is NC(=O)C1CCCN(CCn2ccc(N)n2)C1. The molecule has 4 N–H and O–H groups in total. The van der Waals surface area contributed by atoms with E-state index in [1.807, 2.05) is 10.9 Å². The molecule has 0 bridgehead atoms. The predicted octanol–water partition coefficient (Wildman–Crippen LogP) is -0.337. The maximum absolute atomic E-state index is 11.1. The van der Waals surface area contributed by atoms with Crippen LogP contribution < -0.4 is 11.5 Å². The molecule has 1 unspecified atom stereocenters. The first-order valence-electron chi connectivity index (χ1n) is 5.96. The monoisotopic (exact) mass is 237 g/mol. The first kappa shape index (κ1) is 11.9. The number of carbonyl (C=O) groups excluding carboxylic acids is 1. The topological polar surface area (TPSA) is 90.2 Å². The van der Waals surface area contributed by atoms with Gasteiger partial charge in [-0.1, -0.05) is 0 Å². The molecular weight excluding hydrogens is 218 g/mol. The van der Waals surface area contributed by atoms with Gasteiger partial charge in [0.25, 0.3) is 0 Å². The summed E-state index contributed by atoms with van der Waals surface area (Å²) in [6, 6.07) is 1.78. The van der Waals surface area contributed by atoms with Gasteiger partial charge in [0.15, 0.2) is 0 Å². The number of carbonyl (C=O) groups is 1. The smallest absolute Gasteiger partial charge is 0.221 e. The summed E-state index contributed by atoms with van der Waals surface area (Å²) in [6.45, 7) is 3.47. The highest BCUT2D eigenvalue weighted by atomic mass is 16.1. The van der Waals surface area contributed by atoms with Gasteiger partial charge < -0.3 is 16.4 Å². The van der Waals surface area contributed by atoms with E-state index in [0.717, 1.165) is 39.0 Å². The summed E-state index contributed by atoms with van der Waals surface area (Å²) >= 11 is 0. The summed E-state index contributed by atoms with van der Waals surface area (Å²) in [5.74, 6) is 0.364. The van der Waals surface area contributed by atoms with E-state index in [9.17, 15) is 4.79 Å². The lowest BCUT2D eigenvalue weighted by Gasteiger charge is -2.30. The van der Waals surface area contributed by atoms with Gasteiger partial charge in [-0.05, 0) is 25.5 Å². The van der Waals surface area contributed by atoms with E-state index in [-0.39, 0.29) is 11.8 Å². The molecule has 0 aliphatic carbocycles. The summed E-state index contributed by atoms with van der Waals surface area (Å²) in [5.41, 5.74) is 10.9. The van der Waals surface area contributed by atoms with Crippen molar-refractivity contribution in [3.63, 3.8) is 0 Å². The zero-order chi connectivity index (χ0) is 12.3. The summed E-state index contributed by atoms with van der Waals surface area (Å²) in [5, 5.41) is 4.13. The van der Waals surface area contributed by atoms with Gasteiger partial charge in [-0.15, -0.1) is 0 Å². The molecule has 1 aromatic heterocycles. The minimum Gasteiger partial charge on any atom is -0.382 e. The lowest BCUT2D eigenvalue weighted by molar-refractivity contribution is -0.123. The lowest BCUT2D eigenvalue weighted by atomic mass is 9.97. The molecule has 6 heteroatoms. The largest absolute Gasteiger partial charge is 0.382 e. The molecule has 1 atom stereocenters. The highest BCUT2D eigenvalue weighted by Crippen LogP contribution is 2.15. The van der Waals surface area contributed by atoms with Crippen LogP contribution >= 0.6 is 0 Å². The Morgan fingerprint density at radius 1 is 1.53 bits per heavy atom. The number of hydrogen-bond donors (Lipinski definition) is 2. The molecule has 2 heterocycles. The number of nitrogen functional groups attached to an aromatic ring is 1. The Morgan fingerprint density at radius 2 is 2.35 bits per heavy atom. The Bertz CT molecular complexity index is 389. The zero-order valence-electron chi connectivity index (χ0n) is 9.88. The molecule has 1 saturated heterocycles. The minimum atomic E-state index is -0.182. The van der Waals surface area contributed by atoms with Gasteiger partial charge in [0.1, 0.15) is 5.82 Å².